The van der Waals surface area contributed by atoms with Gasteiger partial charge in [0.2, 0.25) is 0 Å². The molecule has 1 saturated heterocycles. The highest BCUT2D eigenvalue weighted by atomic mass is 19.4. The Morgan fingerprint density at radius 3 is 2.51 bits per heavy atom. The van der Waals surface area contributed by atoms with Gasteiger partial charge >= 0.3 is 6.18 Å². The van der Waals surface area contributed by atoms with E-state index in [2.05, 4.69) is 10.2 Å². The van der Waals surface area contributed by atoms with Crippen LogP contribution in [0.2, 0.25) is 0 Å². The Kier molecular flexibility index (Phi) is 6.15. The zero-order chi connectivity index (χ0) is 24.4. The lowest BCUT2D eigenvalue weighted by molar-refractivity contribution is -0.137. The maximum atomic E-state index is 13.2. The van der Waals surface area contributed by atoms with Gasteiger partial charge in [0, 0.05) is 30.8 Å². The molecule has 1 aliphatic rings. The first-order valence-electron chi connectivity index (χ1n) is 11.4. The smallest absolute Gasteiger partial charge is 0.417 e. The molecule has 180 valence electrons. The lowest BCUT2D eigenvalue weighted by Crippen LogP contribution is -2.39. The number of carbonyl (C=O) groups is 1. The molecule has 1 fully saturated rings. The number of alkyl halides is 3. The Morgan fingerprint density at radius 2 is 1.77 bits per heavy atom. The molecule has 0 bridgehead atoms. The van der Waals surface area contributed by atoms with Crippen LogP contribution in [0.25, 0.3) is 5.65 Å². The number of amides is 1. The molecule has 4 aromatic rings. The van der Waals surface area contributed by atoms with Gasteiger partial charge in [0.05, 0.1) is 5.56 Å². The van der Waals surface area contributed by atoms with Gasteiger partial charge in [0.1, 0.15) is 18.2 Å². The van der Waals surface area contributed by atoms with E-state index >= 15 is 0 Å². The molecular formula is C26H23F3N4O2. The summed E-state index contributed by atoms with van der Waals surface area (Å²) < 4.78 is 46.8. The summed E-state index contributed by atoms with van der Waals surface area (Å²) in [5.74, 6) is 0.763. The maximum Gasteiger partial charge on any atom is 0.417 e. The Bertz CT molecular complexity index is 1320. The van der Waals surface area contributed by atoms with Gasteiger partial charge in [0.15, 0.2) is 5.65 Å². The molecule has 0 aliphatic carbocycles. The summed E-state index contributed by atoms with van der Waals surface area (Å²) in [4.78, 5) is 14.9. The molecular weight excluding hydrogens is 457 g/mol. The predicted molar refractivity (Wildman–Crippen MR) is 123 cm³/mol. The van der Waals surface area contributed by atoms with E-state index in [1.807, 2.05) is 30.3 Å². The van der Waals surface area contributed by atoms with E-state index in [9.17, 15) is 18.0 Å². The standard InChI is InChI=1S/C26H23F3N4O2/c27-26(28,29)21-10-13-23-30-31-24(33(23)16-21)20-7-4-14-32(15-20)25(34)19-8-11-22(12-9-19)35-17-18-5-2-1-3-6-18/h1-3,5-6,8-13,16,20H,4,7,14-15,17H2. The number of ether oxygens (including phenoxy) is 1. The van der Waals surface area contributed by atoms with Gasteiger partial charge in [-0.3, -0.25) is 9.20 Å². The van der Waals surface area contributed by atoms with Gasteiger partial charge in [0.25, 0.3) is 5.91 Å². The maximum absolute atomic E-state index is 13.2. The van der Waals surface area contributed by atoms with E-state index in [0.717, 1.165) is 24.2 Å². The summed E-state index contributed by atoms with van der Waals surface area (Å²) in [5, 5.41) is 8.18. The number of benzene rings is 2. The third-order valence-electron chi connectivity index (χ3n) is 6.18. The van der Waals surface area contributed by atoms with Crippen LogP contribution in [0.15, 0.2) is 72.9 Å². The van der Waals surface area contributed by atoms with Crippen molar-refractivity contribution in [2.45, 2.75) is 31.5 Å². The third kappa shape index (κ3) is 4.99. The Balaban J connectivity index is 1.28. The molecule has 2 aromatic heterocycles. The highest BCUT2D eigenvalue weighted by Crippen LogP contribution is 2.31. The molecule has 1 amide bonds. The summed E-state index contributed by atoms with van der Waals surface area (Å²) in [6.45, 7) is 1.37. The highest BCUT2D eigenvalue weighted by molar-refractivity contribution is 5.94. The van der Waals surface area contributed by atoms with Gasteiger partial charge in [-0.15, -0.1) is 10.2 Å². The number of fused-ring (bicyclic) bond motifs is 1. The number of hydrogen-bond donors (Lipinski definition) is 0. The molecule has 5 rings (SSSR count). The second-order valence-corrected chi connectivity index (χ2v) is 8.59. The summed E-state index contributed by atoms with van der Waals surface area (Å²) in [6.07, 6.45) is -1.99. The molecule has 3 heterocycles. The molecule has 9 heteroatoms. The number of pyridine rings is 1. The van der Waals surface area contributed by atoms with Crippen LogP contribution in [0.4, 0.5) is 13.2 Å². The van der Waals surface area contributed by atoms with Crippen molar-refractivity contribution in [3.8, 4) is 5.75 Å². The number of nitrogens with zero attached hydrogens (tertiary/aromatic N) is 4. The van der Waals surface area contributed by atoms with E-state index in [4.69, 9.17) is 4.74 Å². The number of aromatic nitrogens is 3. The van der Waals surface area contributed by atoms with Crippen LogP contribution in [0.5, 0.6) is 5.75 Å². The normalized spacial score (nSPS) is 16.4. The summed E-state index contributed by atoms with van der Waals surface area (Å²) in [5.41, 5.74) is 1.17. The van der Waals surface area contributed by atoms with Crippen molar-refractivity contribution in [1.29, 1.82) is 0 Å². The van der Waals surface area contributed by atoms with Gasteiger partial charge in [-0.2, -0.15) is 13.2 Å². The van der Waals surface area contributed by atoms with Gasteiger partial charge in [-0.05, 0) is 54.8 Å². The second-order valence-electron chi connectivity index (χ2n) is 8.59. The number of hydrogen-bond acceptors (Lipinski definition) is 4. The number of piperidine rings is 1. The minimum atomic E-state index is -4.46. The monoisotopic (exact) mass is 480 g/mol. The zero-order valence-electron chi connectivity index (χ0n) is 18.8. The first-order valence-corrected chi connectivity index (χ1v) is 11.4. The van der Waals surface area contributed by atoms with Gasteiger partial charge < -0.3 is 9.64 Å². The number of likely N-dealkylation sites (tertiary alicyclic amines) is 1. The van der Waals surface area contributed by atoms with Crippen molar-refractivity contribution in [2.75, 3.05) is 13.1 Å². The van der Waals surface area contributed by atoms with Crippen molar-refractivity contribution >= 4 is 11.6 Å². The van der Waals surface area contributed by atoms with Crippen LogP contribution in [0.1, 0.15) is 46.1 Å². The molecule has 6 nitrogen and oxygen atoms in total. The summed E-state index contributed by atoms with van der Waals surface area (Å²) in [6, 6.07) is 19.1. The molecule has 35 heavy (non-hydrogen) atoms. The first-order chi connectivity index (χ1) is 16.9. The number of carbonyl (C=O) groups excluding carboxylic acids is 1. The summed E-state index contributed by atoms with van der Waals surface area (Å²) in [7, 11) is 0. The Morgan fingerprint density at radius 1 is 1.00 bits per heavy atom. The van der Waals surface area contributed by atoms with Gasteiger partial charge in [-0.1, -0.05) is 30.3 Å². The Hall–Kier alpha value is -3.88. The van der Waals surface area contributed by atoms with E-state index < -0.39 is 11.7 Å². The molecule has 1 atom stereocenters. The van der Waals surface area contributed by atoms with E-state index in [1.54, 1.807) is 29.2 Å². The van der Waals surface area contributed by atoms with Crippen LogP contribution in [0, 0.1) is 0 Å². The van der Waals surface area contributed by atoms with E-state index in [0.29, 0.717) is 48.9 Å². The topological polar surface area (TPSA) is 59.7 Å². The molecule has 0 radical (unpaired) electrons. The van der Waals surface area contributed by atoms with Crippen LogP contribution in [-0.4, -0.2) is 38.5 Å². The van der Waals surface area contributed by atoms with E-state index in [-0.39, 0.29) is 11.8 Å². The lowest BCUT2D eigenvalue weighted by Gasteiger charge is -2.32. The number of halogens is 3. The molecule has 0 saturated carbocycles. The van der Waals surface area contributed by atoms with Crippen molar-refractivity contribution in [3.05, 3.63) is 95.4 Å². The quantitative estimate of drug-likeness (QED) is 0.387. The predicted octanol–water partition coefficient (Wildman–Crippen LogP) is 5.35. The van der Waals surface area contributed by atoms with E-state index in [1.165, 1.54) is 10.5 Å². The largest absolute Gasteiger partial charge is 0.489 e. The van der Waals surface area contributed by atoms with Crippen molar-refractivity contribution in [1.82, 2.24) is 19.5 Å². The molecule has 0 N–H and O–H groups in total. The SMILES string of the molecule is O=C(c1ccc(OCc2ccccc2)cc1)N1CCCC(c2nnc3ccc(C(F)(F)F)cn23)C1. The molecule has 2 aromatic carbocycles. The average molecular weight is 480 g/mol. The van der Waals surface area contributed by atoms with Crippen molar-refractivity contribution in [3.63, 3.8) is 0 Å². The van der Waals surface area contributed by atoms with Crippen LogP contribution >= 0.6 is 0 Å². The van der Waals surface area contributed by atoms with Crippen LogP contribution in [-0.2, 0) is 12.8 Å². The van der Waals surface area contributed by atoms with Gasteiger partial charge in [-0.25, -0.2) is 0 Å². The number of rotatable bonds is 5. The van der Waals surface area contributed by atoms with Crippen molar-refractivity contribution < 1.29 is 22.7 Å². The van der Waals surface area contributed by atoms with Crippen LogP contribution < -0.4 is 4.74 Å². The fourth-order valence-corrected chi connectivity index (χ4v) is 4.34. The fourth-order valence-electron chi connectivity index (χ4n) is 4.34. The first kappa shape index (κ1) is 22.9. The van der Waals surface area contributed by atoms with Crippen molar-refractivity contribution in [2.24, 2.45) is 0 Å². The molecule has 1 unspecified atom stereocenters. The lowest BCUT2D eigenvalue weighted by atomic mass is 9.96. The average Bonchev–Trinajstić information content (AvgIpc) is 3.31. The minimum Gasteiger partial charge on any atom is -0.489 e. The Labute approximate surface area is 200 Å². The zero-order valence-corrected chi connectivity index (χ0v) is 18.8. The highest BCUT2D eigenvalue weighted by Gasteiger charge is 2.33. The molecule has 1 aliphatic heterocycles. The third-order valence-corrected chi connectivity index (χ3v) is 6.18. The molecule has 0 spiro atoms. The van der Waals surface area contributed by atoms with Crippen LogP contribution in [0.3, 0.4) is 0 Å². The minimum absolute atomic E-state index is 0.130. The summed E-state index contributed by atoms with van der Waals surface area (Å²) >= 11 is 0. The second kappa shape index (κ2) is 9.40. The fraction of sp³-hybridized carbons (Fsp3) is 0.269.